The average Bonchev–Trinajstić information content (AvgIpc) is 2.62. The molecule has 2 aromatic carbocycles. The number of non-ortho nitro benzene ring substituents is 1. The monoisotopic (exact) mass is 359 g/mol. The molecule has 0 N–H and O–H groups in total. The largest absolute Gasteiger partial charge is 0.370 e. The predicted octanol–water partition coefficient (Wildman–Crippen LogP) is 3.45. The fraction of sp³-hybridized carbons (Fsp3) is 0.235. The summed E-state index contributed by atoms with van der Waals surface area (Å²) in [6.45, 7) is 1.88. The predicted molar refractivity (Wildman–Crippen MR) is 92.6 cm³/mol. The molecule has 0 heterocycles. The van der Waals surface area contributed by atoms with Crippen LogP contribution in [0.3, 0.4) is 0 Å². The molecule has 1 unspecified atom stereocenters. The fourth-order valence-corrected chi connectivity index (χ4v) is 2.33. The van der Waals surface area contributed by atoms with Gasteiger partial charge in [0.1, 0.15) is 0 Å². The van der Waals surface area contributed by atoms with E-state index in [1.165, 1.54) is 7.05 Å². The lowest BCUT2D eigenvalue weighted by atomic mass is 9.98. The van der Waals surface area contributed by atoms with Crippen LogP contribution in [0.2, 0.25) is 0 Å². The molecule has 0 fully saturated rings. The van der Waals surface area contributed by atoms with E-state index >= 15 is 0 Å². The van der Waals surface area contributed by atoms with Crippen LogP contribution in [-0.4, -0.2) is 27.9 Å². The zero-order valence-electron chi connectivity index (χ0n) is 14.2. The maximum atomic E-state index is 12.3. The Hall–Kier alpha value is -3.49. The van der Waals surface area contributed by atoms with Gasteiger partial charge in [-0.05, 0) is 17.5 Å². The van der Waals surface area contributed by atoms with Crippen molar-refractivity contribution >= 4 is 17.3 Å². The lowest BCUT2D eigenvalue weighted by Gasteiger charge is -2.19. The molecule has 0 saturated heterocycles. The molecule has 0 aliphatic heterocycles. The highest BCUT2D eigenvalue weighted by atomic mass is 16.7. The Balaban J connectivity index is 2.11. The summed E-state index contributed by atoms with van der Waals surface area (Å²) in [5.74, 6) is -0.695. The number of carbonyl (C=O) groups excluding carboxylic acids is 1. The molecule has 0 radical (unpaired) electrons. The lowest BCUT2D eigenvalue weighted by Crippen LogP contribution is -2.31. The van der Waals surface area contributed by atoms with Gasteiger partial charge in [-0.15, -0.1) is 0 Å². The Morgan fingerprint density at radius 2 is 1.77 bits per heavy atom. The van der Waals surface area contributed by atoms with Crippen LogP contribution in [0.4, 0.5) is 11.4 Å². The van der Waals surface area contributed by atoms with Crippen molar-refractivity contribution in [1.82, 2.24) is 5.06 Å². The average molecular weight is 359 g/mol. The van der Waals surface area contributed by atoms with E-state index in [1.54, 1.807) is 0 Å². The van der Waals surface area contributed by atoms with E-state index in [0.29, 0.717) is 0 Å². The molecule has 0 saturated carbocycles. The molecular weight excluding hydrogens is 342 g/mol. The second-order valence-electron chi connectivity index (χ2n) is 5.66. The van der Waals surface area contributed by atoms with Gasteiger partial charge in [-0.1, -0.05) is 37.3 Å². The van der Waals surface area contributed by atoms with E-state index in [-0.39, 0.29) is 24.0 Å². The molecule has 9 nitrogen and oxygen atoms in total. The number of hydrogen-bond acceptors (Lipinski definition) is 6. The Bertz CT molecular complexity index is 825. The van der Waals surface area contributed by atoms with Gasteiger partial charge in [0, 0.05) is 19.5 Å². The molecular formula is C17H17N3O6. The molecule has 26 heavy (non-hydrogen) atoms. The van der Waals surface area contributed by atoms with Crippen LogP contribution in [0.15, 0.2) is 48.5 Å². The second kappa shape index (κ2) is 8.06. The van der Waals surface area contributed by atoms with Crippen LogP contribution in [0.25, 0.3) is 0 Å². The maximum absolute atomic E-state index is 12.3. The Kier molecular flexibility index (Phi) is 5.84. The van der Waals surface area contributed by atoms with Crippen molar-refractivity contribution in [1.29, 1.82) is 0 Å². The van der Waals surface area contributed by atoms with Crippen molar-refractivity contribution in [3.05, 3.63) is 74.3 Å². The fourth-order valence-electron chi connectivity index (χ4n) is 2.33. The molecule has 1 atom stereocenters. The second-order valence-corrected chi connectivity index (χ2v) is 5.66. The quantitative estimate of drug-likeness (QED) is 0.552. The third-order valence-electron chi connectivity index (χ3n) is 3.79. The van der Waals surface area contributed by atoms with Crippen LogP contribution in [0.5, 0.6) is 5.75 Å². The summed E-state index contributed by atoms with van der Waals surface area (Å²) in [5, 5.41) is 22.8. The normalized spacial score (nSPS) is 11.5. The van der Waals surface area contributed by atoms with Crippen LogP contribution in [0.1, 0.15) is 24.8 Å². The van der Waals surface area contributed by atoms with Crippen LogP contribution >= 0.6 is 0 Å². The molecule has 0 aromatic heterocycles. The van der Waals surface area contributed by atoms with Crippen LogP contribution in [-0.2, 0) is 4.79 Å². The van der Waals surface area contributed by atoms with Crippen molar-refractivity contribution < 1.29 is 19.5 Å². The minimum Gasteiger partial charge on any atom is -0.370 e. The van der Waals surface area contributed by atoms with E-state index < -0.39 is 21.2 Å². The summed E-state index contributed by atoms with van der Waals surface area (Å²) in [7, 11) is 1.34. The minimum absolute atomic E-state index is 0.0680. The first-order valence-electron chi connectivity index (χ1n) is 7.72. The van der Waals surface area contributed by atoms with Gasteiger partial charge in [0.25, 0.3) is 11.6 Å². The van der Waals surface area contributed by atoms with Gasteiger partial charge in [-0.3, -0.25) is 25.0 Å². The molecule has 2 aromatic rings. The van der Waals surface area contributed by atoms with E-state index in [4.69, 9.17) is 4.84 Å². The van der Waals surface area contributed by atoms with E-state index in [0.717, 1.165) is 28.8 Å². The number of rotatable bonds is 7. The third-order valence-corrected chi connectivity index (χ3v) is 3.79. The first-order valence-corrected chi connectivity index (χ1v) is 7.72. The lowest BCUT2D eigenvalue weighted by molar-refractivity contribution is -0.395. The van der Waals surface area contributed by atoms with Crippen LogP contribution in [0, 0.1) is 20.2 Å². The summed E-state index contributed by atoms with van der Waals surface area (Å²) in [5.41, 5.74) is -0.0405. The number of hydrogen-bond donors (Lipinski definition) is 0. The van der Waals surface area contributed by atoms with Crippen molar-refractivity contribution in [2.45, 2.75) is 19.3 Å². The summed E-state index contributed by atoms with van der Waals surface area (Å²) in [6, 6.07) is 12.4. The first-order chi connectivity index (χ1) is 12.3. The number of benzene rings is 2. The van der Waals surface area contributed by atoms with Gasteiger partial charge in [0.15, 0.2) is 0 Å². The summed E-state index contributed by atoms with van der Waals surface area (Å²) in [4.78, 5) is 37.9. The zero-order chi connectivity index (χ0) is 19.3. The van der Waals surface area contributed by atoms with E-state index in [9.17, 15) is 25.0 Å². The van der Waals surface area contributed by atoms with Gasteiger partial charge in [-0.2, -0.15) is 5.06 Å². The number of amides is 1. The standard InChI is InChI=1S/C17H17N3O6/c1-12(13-6-4-3-5-7-13)10-17(21)18(2)26-16-9-8-14(19(22)23)11-15(16)20(24)25/h3-9,11-12H,10H2,1-2H3. The molecule has 2 rings (SSSR count). The molecule has 136 valence electrons. The maximum Gasteiger partial charge on any atom is 0.321 e. The molecule has 0 aliphatic rings. The minimum atomic E-state index is -0.798. The number of nitrogens with zero attached hydrogens (tertiary/aromatic N) is 3. The van der Waals surface area contributed by atoms with E-state index in [2.05, 4.69) is 0 Å². The summed E-state index contributed by atoms with van der Waals surface area (Å²) < 4.78 is 0. The van der Waals surface area contributed by atoms with Crippen molar-refractivity contribution in [2.24, 2.45) is 0 Å². The van der Waals surface area contributed by atoms with Crippen molar-refractivity contribution in [2.75, 3.05) is 7.05 Å². The highest BCUT2D eigenvalue weighted by Gasteiger charge is 2.24. The summed E-state index contributed by atoms with van der Waals surface area (Å²) in [6.07, 6.45) is 0.140. The van der Waals surface area contributed by atoms with Gasteiger partial charge in [-0.25, -0.2) is 0 Å². The Labute approximate surface area is 149 Å². The van der Waals surface area contributed by atoms with Gasteiger partial charge < -0.3 is 4.84 Å². The van der Waals surface area contributed by atoms with Gasteiger partial charge >= 0.3 is 5.69 Å². The Morgan fingerprint density at radius 1 is 1.12 bits per heavy atom. The van der Waals surface area contributed by atoms with E-state index in [1.807, 2.05) is 37.3 Å². The number of hydroxylamine groups is 2. The first kappa shape index (κ1) is 18.8. The highest BCUT2D eigenvalue weighted by molar-refractivity contribution is 5.76. The SMILES string of the molecule is CC(CC(=O)N(C)Oc1ccc([N+](=O)[O-])cc1[N+](=O)[O-])c1ccccc1. The molecule has 0 aliphatic carbocycles. The van der Waals surface area contributed by atoms with Crippen molar-refractivity contribution in [3.8, 4) is 5.75 Å². The smallest absolute Gasteiger partial charge is 0.321 e. The summed E-state index contributed by atoms with van der Waals surface area (Å²) >= 11 is 0. The van der Waals surface area contributed by atoms with Crippen LogP contribution < -0.4 is 4.84 Å². The molecule has 9 heteroatoms. The number of carbonyl (C=O) groups is 1. The number of nitro groups is 2. The van der Waals surface area contributed by atoms with Gasteiger partial charge in [0.2, 0.25) is 5.75 Å². The molecule has 1 amide bonds. The zero-order valence-corrected chi connectivity index (χ0v) is 14.2. The molecule has 0 bridgehead atoms. The third kappa shape index (κ3) is 4.53. The van der Waals surface area contributed by atoms with Gasteiger partial charge in [0.05, 0.1) is 15.9 Å². The molecule has 0 spiro atoms. The Morgan fingerprint density at radius 3 is 2.35 bits per heavy atom. The topological polar surface area (TPSA) is 116 Å². The van der Waals surface area contributed by atoms with Crippen molar-refractivity contribution in [3.63, 3.8) is 0 Å². The number of nitro benzene ring substituents is 2. The highest BCUT2D eigenvalue weighted by Crippen LogP contribution is 2.31.